The number of carboxylic acids is 1. The number of hydrogen-bond acceptors (Lipinski definition) is 4. The summed E-state index contributed by atoms with van der Waals surface area (Å²) >= 11 is 0. The zero-order valence-corrected chi connectivity index (χ0v) is 21.7. The molecule has 0 radical (unpaired) electrons. The van der Waals surface area contributed by atoms with Crippen molar-refractivity contribution in [2.45, 2.75) is 45.3 Å². The first-order valence-corrected chi connectivity index (χ1v) is 12.5. The molecule has 198 valence electrons. The molecule has 0 bridgehead atoms. The molecule has 2 unspecified atom stereocenters. The molecular formula is C30H33N3O5. The number of aliphatic carboxylic acids is 1. The van der Waals surface area contributed by atoms with Crippen LogP contribution >= 0.6 is 0 Å². The van der Waals surface area contributed by atoms with Crippen LogP contribution < -0.4 is 16.0 Å². The van der Waals surface area contributed by atoms with Crippen molar-refractivity contribution in [1.29, 1.82) is 0 Å². The number of benzene rings is 3. The minimum Gasteiger partial charge on any atom is -0.480 e. The zero-order chi connectivity index (χ0) is 27.7. The zero-order valence-electron chi connectivity index (χ0n) is 21.7. The Balaban J connectivity index is 1.73. The highest BCUT2D eigenvalue weighted by Gasteiger charge is 2.30. The van der Waals surface area contributed by atoms with E-state index in [1.54, 1.807) is 26.0 Å². The fraction of sp³-hybridized carbons (Fsp3) is 0.267. The van der Waals surface area contributed by atoms with Gasteiger partial charge in [0, 0.05) is 12.0 Å². The third-order valence-corrected chi connectivity index (χ3v) is 6.13. The summed E-state index contributed by atoms with van der Waals surface area (Å²) in [6, 6.07) is 22.9. The number of carbonyl (C=O) groups is 4. The van der Waals surface area contributed by atoms with Crippen molar-refractivity contribution in [3.05, 3.63) is 96.1 Å². The largest absolute Gasteiger partial charge is 0.480 e. The normalized spacial score (nSPS) is 13.2. The van der Waals surface area contributed by atoms with Crippen molar-refractivity contribution in [2.75, 3.05) is 0 Å². The maximum atomic E-state index is 13.3. The molecule has 3 amide bonds. The molecule has 0 aliphatic carbocycles. The third kappa shape index (κ3) is 7.77. The van der Waals surface area contributed by atoms with Gasteiger partial charge in [-0.15, -0.1) is 0 Å². The standard InChI is InChI=1S/C30H33N3O5/c1-19(2)26(33-27(34)24-16-14-23(15-17-24)22-12-8-5-9-13-22)29(36)32-25(18-21-10-6-4-7-11-21)28(35)31-20(3)30(37)38/h4-17,19-20,25-26H,18H2,1-3H3,(H,31,35)(H,32,36)(H,33,34)(H,37,38)/t20-,25?,26?/m0/s1. The average molecular weight is 516 g/mol. The molecule has 38 heavy (non-hydrogen) atoms. The van der Waals surface area contributed by atoms with E-state index in [1.807, 2.05) is 72.8 Å². The van der Waals surface area contributed by atoms with Gasteiger partial charge >= 0.3 is 5.97 Å². The van der Waals surface area contributed by atoms with E-state index in [4.69, 9.17) is 0 Å². The second kappa shape index (κ2) is 13.2. The molecule has 0 saturated carbocycles. The highest BCUT2D eigenvalue weighted by Crippen LogP contribution is 2.19. The molecule has 0 spiro atoms. The Hall–Kier alpha value is -4.46. The second-order valence-electron chi connectivity index (χ2n) is 9.46. The van der Waals surface area contributed by atoms with Crippen LogP contribution in [-0.4, -0.2) is 46.9 Å². The molecule has 0 heterocycles. The third-order valence-electron chi connectivity index (χ3n) is 6.13. The fourth-order valence-electron chi connectivity index (χ4n) is 3.90. The summed E-state index contributed by atoms with van der Waals surface area (Å²) in [5.74, 6) is -3.03. The van der Waals surface area contributed by atoms with E-state index in [1.165, 1.54) is 6.92 Å². The maximum Gasteiger partial charge on any atom is 0.325 e. The van der Waals surface area contributed by atoms with Crippen LogP contribution in [0.5, 0.6) is 0 Å². The van der Waals surface area contributed by atoms with Crippen LogP contribution in [0.25, 0.3) is 11.1 Å². The molecular weight excluding hydrogens is 482 g/mol. The van der Waals surface area contributed by atoms with Crippen molar-refractivity contribution in [1.82, 2.24) is 16.0 Å². The number of nitrogens with one attached hydrogen (secondary N) is 3. The van der Waals surface area contributed by atoms with Gasteiger partial charge in [-0.3, -0.25) is 19.2 Å². The summed E-state index contributed by atoms with van der Waals surface area (Å²) in [5.41, 5.74) is 3.18. The Kier molecular flexibility index (Phi) is 9.76. The van der Waals surface area contributed by atoms with Gasteiger partial charge in [0.05, 0.1) is 0 Å². The van der Waals surface area contributed by atoms with E-state index in [0.717, 1.165) is 16.7 Å². The predicted octanol–water partition coefficient (Wildman–Crippen LogP) is 3.42. The molecule has 0 aliphatic heterocycles. The summed E-state index contributed by atoms with van der Waals surface area (Å²) in [5, 5.41) is 17.1. The van der Waals surface area contributed by atoms with Crippen molar-refractivity contribution in [3.63, 3.8) is 0 Å². The highest BCUT2D eigenvalue weighted by atomic mass is 16.4. The summed E-state index contributed by atoms with van der Waals surface area (Å²) in [6.07, 6.45) is 0.157. The number of hydrogen-bond donors (Lipinski definition) is 4. The first-order valence-electron chi connectivity index (χ1n) is 12.5. The Bertz CT molecular complexity index is 1240. The SMILES string of the molecule is CC(C)C(NC(=O)c1ccc(-c2ccccc2)cc1)C(=O)NC(Cc1ccccc1)C(=O)N[C@@H](C)C(=O)O. The Morgan fingerprint density at radius 3 is 1.79 bits per heavy atom. The minimum absolute atomic E-state index is 0.157. The van der Waals surface area contributed by atoms with Gasteiger partial charge in [0.15, 0.2) is 0 Å². The van der Waals surface area contributed by atoms with Crippen molar-refractivity contribution in [2.24, 2.45) is 5.92 Å². The van der Waals surface area contributed by atoms with Crippen molar-refractivity contribution in [3.8, 4) is 11.1 Å². The van der Waals surface area contributed by atoms with E-state index in [9.17, 15) is 24.3 Å². The van der Waals surface area contributed by atoms with Crippen LogP contribution in [-0.2, 0) is 20.8 Å². The summed E-state index contributed by atoms with van der Waals surface area (Å²) < 4.78 is 0. The van der Waals surface area contributed by atoms with Gasteiger partial charge in [-0.2, -0.15) is 0 Å². The number of amides is 3. The fourth-order valence-corrected chi connectivity index (χ4v) is 3.90. The highest BCUT2D eigenvalue weighted by molar-refractivity contribution is 5.99. The minimum atomic E-state index is -1.19. The van der Waals surface area contributed by atoms with Crippen molar-refractivity contribution < 1.29 is 24.3 Å². The molecule has 3 atom stereocenters. The first-order chi connectivity index (χ1) is 18.2. The van der Waals surface area contributed by atoms with Crippen LogP contribution in [0.1, 0.15) is 36.7 Å². The number of carboxylic acid groups (broad SMARTS) is 1. The van der Waals surface area contributed by atoms with E-state index >= 15 is 0 Å². The number of carbonyl (C=O) groups excluding carboxylic acids is 3. The molecule has 3 aromatic carbocycles. The van der Waals surface area contributed by atoms with E-state index < -0.39 is 41.8 Å². The summed E-state index contributed by atoms with van der Waals surface area (Å²) in [7, 11) is 0. The lowest BCUT2D eigenvalue weighted by molar-refractivity contribution is -0.141. The Morgan fingerprint density at radius 1 is 0.684 bits per heavy atom. The second-order valence-corrected chi connectivity index (χ2v) is 9.46. The monoisotopic (exact) mass is 515 g/mol. The van der Waals surface area contributed by atoms with Crippen LogP contribution in [0.3, 0.4) is 0 Å². The molecule has 0 saturated heterocycles. The molecule has 8 heteroatoms. The summed E-state index contributed by atoms with van der Waals surface area (Å²) in [4.78, 5) is 50.5. The van der Waals surface area contributed by atoms with Crippen molar-refractivity contribution >= 4 is 23.7 Å². The molecule has 0 aromatic heterocycles. The van der Waals surface area contributed by atoms with Gasteiger partial charge in [-0.05, 0) is 41.7 Å². The quantitative estimate of drug-likeness (QED) is 0.312. The van der Waals surface area contributed by atoms with E-state index in [0.29, 0.717) is 5.56 Å². The van der Waals surface area contributed by atoms with Gasteiger partial charge in [-0.1, -0.05) is 86.6 Å². The topological polar surface area (TPSA) is 125 Å². The van der Waals surface area contributed by atoms with Gasteiger partial charge in [0.1, 0.15) is 18.1 Å². The maximum absolute atomic E-state index is 13.3. The van der Waals surface area contributed by atoms with Gasteiger partial charge in [-0.25, -0.2) is 0 Å². The molecule has 0 aliphatic rings. The lowest BCUT2D eigenvalue weighted by Gasteiger charge is -2.26. The molecule has 3 rings (SSSR count). The lowest BCUT2D eigenvalue weighted by atomic mass is 10.00. The molecule has 0 fully saturated rings. The van der Waals surface area contributed by atoms with E-state index in [2.05, 4.69) is 16.0 Å². The molecule has 8 nitrogen and oxygen atoms in total. The lowest BCUT2D eigenvalue weighted by Crippen LogP contribution is -2.57. The Morgan fingerprint density at radius 2 is 1.24 bits per heavy atom. The smallest absolute Gasteiger partial charge is 0.325 e. The van der Waals surface area contributed by atoms with Crippen LogP contribution in [0.4, 0.5) is 0 Å². The first kappa shape index (κ1) is 28.1. The molecule has 4 N–H and O–H groups in total. The average Bonchev–Trinajstić information content (AvgIpc) is 2.92. The van der Waals surface area contributed by atoms with Crippen LogP contribution in [0.15, 0.2) is 84.9 Å². The van der Waals surface area contributed by atoms with Crippen LogP contribution in [0.2, 0.25) is 0 Å². The predicted molar refractivity (Wildman–Crippen MR) is 145 cm³/mol. The Labute approximate surface area is 222 Å². The van der Waals surface area contributed by atoms with Gasteiger partial charge in [0.2, 0.25) is 11.8 Å². The van der Waals surface area contributed by atoms with Gasteiger partial charge < -0.3 is 21.1 Å². The van der Waals surface area contributed by atoms with Crippen LogP contribution in [0, 0.1) is 5.92 Å². The number of rotatable bonds is 11. The summed E-state index contributed by atoms with van der Waals surface area (Å²) in [6.45, 7) is 4.94. The van der Waals surface area contributed by atoms with E-state index in [-0.39, 0.29) is 12.3 Å². The molecule has 3 aromatic rings. The van der Waals surface area contributed by atoms with Gasteiger partial charge in [0.25, 0.3) is 5.91 Å².